The molecular formula is C20H22N4O3. The molecule has 0 saturated heterocycles. The molecule has 0 saturated carbocycles. The fourth-order valence-electron chi connectivity index (χ4n) is 3.07. The molecule has 1 amide bonds. The second kappa shape index (κ2) is 7.99. The summed E-state index contributed by atoms with van der Waals surface area (Å²) in [4.78, 5) is 28.1. The van der Waals surface area contributed by atoms with Crippen molar-refractivity contribution >= 4 is 17.5 Å². The van der Waals surface area contributed by atoms with E-state index < -0.39 is 5.97 Å². The largest absolute Gasteiger partial charge is 0.481 e. The number of carboxylic acids is 1. The Hall–Kier alpha value is -3.22. The van der Waals surface area contributed by atoms with E-state index in [9.17, 15) is 9.59 Å². The molecule has 7 nitrogen and oxygen atoms in total. The van der Waals surface area contributed by atoms with Crippen LogP contribution in [0.3, 0.4) is 0 Å². The Labute approximate surface area is 157 Å². The van der Waals surface area contributed by atoms with Crippen LogP contribution in [0.2, 0.25) is 0 Å². The van der Waals surface area contributed by atoms with E-state index in [1.54, 1.807) is 4.52 Å². The van der Waals surface area contributed by atoms with Gasteiger partial charge in [0.25, 0.3) is 5.91 Å². The van der Waals surface area contributed by atoms with Gasteiger partial charge in [0.05, 0.1) is 17.0 Å². The molecule has 0 aliphatic heterocycles. The lowest BCUT2D eigenvalue weighted by atomic mass is 10.0. The summed E-state index contributed by atoms with van der Waals surface area (Å²) < 4.78 is 1.65. The zero-order valence-corrected chi connectivity index (χ0v) is 15.3. The van der Waals surface area contributed by atoms with E-state index in [0.29, 0.717) is 29.7 Å². The normalized spacial score (nSPS) is 12.1. The van der Waals surface area contributed by atoms with Crippen LogP contribution in [0.5, 0.6) is 0 Å². The summed E-state index contributed by atoms with van der Waals surface area (Å²) in [6.45, 7) is 3.69. The molecule has 0 fully saturated rings. The van der Waals surface area contributed by atoms with Crippen LogP contribution in [0.25, 0.3) is 5.65 Å². The minimum atomic E-state index is -0.881. The molecule has 7 heteroatoms. The number of hydrogen-bond acceptors (Lipinski definition) is 4. The summed E-state index contributed by atoms with van der Waals surface area (Å²) in [5.41, 5.74) is 3.68. The molecule has 140 valence electrons. The number of carbonyl (C=O) groups excluding carboxylic acids is 1. The number of carboxylic acid groups (broad SMARTS) is 1. The van der Waals surface area contributed by atoms with Crippen LogP contribution in [0.1, 0.15) is 40.2 Å². The van der Waals surface area contributed by atoms with Crippen LogP contribution >= 0.6 is 0 Å². The third-order valence-corrected chi connectivity index (χ3v) is 4.46. The fourth-order valence-corrected chi connectivity index (χ4v) is 3.07. The first-order valence-electron chi connectivity index (χ1n) is 8.82. The van der Waals surface area contributed by atoms with Crippen molar-refractivity contribution in [2.24, 2.45) is 0 Å². The summed E-state index contributed by atoms with van der Waals surface area (Å²) in [5, 5.41) is 16.3. The Morgan fingerprint density at radius 1 is 1.22 bits per heavy atom. The van der Waals surface area contributed by atoms with Crippen LogP contribution in [0.15, 0.2) is 42.6 Å². The lowest BCUT2D eigenvalue weighted by Crippen LogP contribution is -2.37. The molecule has 1 atom stereocenters. The maximum atomic E-state index is 12.8. The van der Waals surface area contributed by atoms with Gasteiger partial charge < -0.3 is 10.4 Å². The second-order valence-electron chi connectivity index (χ2n) is 6.61. The molecule has 3 rings (SSSR count). The summed E-state index contributed by atoms with van der Waals surface area (Å²) in [6, 6.07) is 11.3. The number of carbonyl (C=O) groups is 2. The zero-order chi connectivity index (χ0) is 19.4. The molecule has 2 heterocycles. The van der Waals surface area contributed by atoms with Crippen LogP contribution < -0.4 is 5.32 Å². The minimum Gasteiger partial charge on any atom is -0.481 e. The lowest BCUT2D eigenvalue weighted by Gasteiger charge is -2.19. The van der Waals surface area contributed by atoms with Gasteiger partial charge in [-0.05, 0) is 32.3 Å². The van der Waals surface area contributed by atoms with E-state index >= 15 is 0 Å². The number of rotatable bonds is 7. The molecule has 0 radical (unpaired) electrons. The quantitative estimate of drug-likeness (QED) is 0.670. The van der Waals surface area contributed by atoms with E-state index in [1.807, 2.05) is 50.2 Å². The molecular weight excluding hydrogens is 344 g/mol. The van der Waals surface area contributed by atoms with Crippen molar-refractivity contribution in [1.82, 2.24) is 19.9 Å². The predicted molar refractivity (Wildman–Crippen MR) is 101 cm³/mol. The molecule has 0 aliphatic carbocycles. The predicted octanol–water partition coefficient (Wildman–Crippen LogP) is 2.55. The number of nitrogens with zero attached hydrogens (tertiary/aromatic N) is 3. The lowest BCUT2D eigenvalue weighted by molar-refractivity contribution is -0.137. The average molecular weight is 366 g/mol. The van der Waals surface area contributed by atoms with Crippen molar-refractivity contribution < 1.29 is 14.7 Å². The summed E-state index contributed by atoms with van der Waals surface area (Å²) in [5.74, 6) is -1.16. The van der Waals surface area contributed by atoms with Gasteiger partial charge in [-0.1, -0.05) is 30.3 Å². The highest BCUT2D eigenvalue weighted by Crippen LogP contribution is 2.13. The van der Waals surface area contributed by atoms with Crippen LogP contribution in [-0.2, 0) is 11.2 Å². The van der Waals surface area contributed by atoms with E-state index in [-0.39, 0.29) is 18.4 Å². The smallest absolute Gasteiger partial charge is 0.303 e. The van der Waals surface area contributed by atoms with Gasteiger partial charge in [0.2, 0.25) is 0 Å². The average Bonchev–Trinajstić information content (AvgIpc) is 3.02. The van der Waals surface area contributed by atoms with Crippen molar-refractivity contribution in [3.05, 3.63) is 65.1 Å². The zero-order valence-electron chi connectivity index (χ0n) is 15.3. The molecule has 0 aliphatic rings. The summed E-state index contributed by atoms with van der Waals surface area (Å²) in [6.07, 6.45) is 2.45. The third kappa shape index (κ3) is 4.49. The highest BCUT2D eigenvalue weighted by atomic mass is 16.4. The molecule has 2 N–H and O–H groups in total. The highest BCUT2D eigenvalue weighted by Gasteiger charge is 2.19. The number of aryl methyl sites for hydroxylation is 2. The van der Waals surface area contributed by atoms with E-state index in [0.717, 1.165) is 11.3 Å². The van der Waals surface area contributed by atoms with Gasteiger partial charge in [0, 0.05) is 24.7 Å². The maximum Gasteiger partial charge on any atom is 0.303 e. The van der Waals surface area contributed by atoms with Gasteiger partial charge in [0.1, 0.15) is 0 Å². The molecule has 27 heavy (non-hydrogen) atoms. The monoisotopic (exact) mass is 366 g/mol. The molecule has 1 unspecified atom stereocenters. The van der Waals surface area contributed by atoms with Gasteiger partial charge in [-0.2, -0.15) is 5.10 Å². The van der Waals surface area contributed by atoms with Gasteiger partial charge in [0.15, 0.2) is 5.65 Å². The van der Waals surface area contributed by atoms with Gasteiger partial charge >= 0.3 is 5.97 Å². The number of aliphatic carboxylic acids is 1. The second-order valence-corrected chi connectivity index (χ2v) is 6.61. The first kappa shape index (κ1) is 18.6. The Balaban J connectivity index is 1.80. The number of amides is 1. The van der Waals surface area contributed by atoms with Crippen molar-refractivity contribution in [3.8, 4) is 0 Å². The van der Waals surface area contributed by atoms with Crippen LogP contribution in [0, 0.1) is 13.8 Å². The van der Waals surface area contributed by atoms with Gasteiger partial charge in [-0.25, -0.2) is 9.50 Å². The van der Waals surface area contributed by atoms with Crippen LogP contribution in [0.4, 0.5) is 0 Å². The number of benzene rings is 1. The summed E-state index contributed by atoms with van der Waals surface area (Å²) in [7, 11) is 0. The number of nitrogens with one attached hydrogen (secondary N) is 1. The van der Waals surface area contributed by atoms with E-state index in [4.69, 9.17) is 5.11 Å². The fraction of sp³-hybridized carbons (Fsp3) is 0.300. The third-order valence-electron chi connectivity index (χ3n) is 4.46. The Morgan fingerprint density at radius 2 is 1.96 bits per heavy atom. The van der Waals surface area contributed by atoms with Gasteiger partial charge in [-0.15, -0.1) is 0 Å². The van der Waals surface area contributed by atoms with E-state index in [1.165, 1.54) is 6.20 Å². The first-order chi connectivity index (χ1) is 12.9. The SMILES string of the molecule is Cc1cc2ncc(C(=O)NC(CCC(=O)O)Cc3ccccc3)c(C)n2n1. The first-order valence-corrected chi connectivity index (χ1v) is 8.82. The Kier molecular flexibility index (Phi) is 5.49. The van der Waals surface area contributed by atoms with Crippen molar-refractivity contribution in [1.29, 1.82) is 0 Å². The Morgan fingerprint density at radius 3 is 2.67 bits per heavy atom. The number of aromatic nitrogens is 3. The van der Waals surface area contributed by atoms with E-state index in [2.05, 4.69) is 15.4 Å². The van der Waals surface area contributed by atoms with Crippen LogP contribution in [-0.4, -0.2) is 37.6 Å². The maximum absolute atomic E-state index is 12.8. The molecule has 1 aromatic carbocycles. The number of fused-ring (bicyclic) bond motifs is 1. The summed E-state index contributed by atoms with van der Waals surface area (Å²) >= 11 is 0. The highest BCUT2D eigenvalue weighted by molar-refractivity contribution is 5.95. The number of hydrogen-bond donors (Lipinski definition) is 2. The van der Waals surface area contributed by atoms with Gasteiger partial charge in [-0.3, -0.25) is 9.59 Å². The minimum absolute atomic E-state index is 0.00754. The molecule has 0 spiro atoms. The topological polar surface area (TPSA) is 96.6 Å². The molecule has 3 aromatic rings. The van der Waals surface area contributed by atoms with Crippen molar-refractivity contribution in [2.75, 3.05) is 0 Å². The Bertz CT molecular complexity index is 966. The standard InChI is InChI=1S/C20H22N4O3/c1-13-10-18-21-12-17(14(2)24(18)23-13)20(27)22-16(8-9-19(25)26)11-15-6-4-3-5-7-15/h3-7,10,12,16H,8-9,11H2,1-2H3,(H,22,27)(H,25,26). The molecule has 2 aromatic heterocycles. The van der Waals surface area contributed by atoms with Crippen molar-refractivity contribution in [3.63, 3.8) is 0 Å². The molecule has 0 bridgehead atoms. The van der Waals surface area contributed by atoms with Crippen molar-refractivity contribution in [2.45, 2.75) is 39.2 Å².